The van der Waals surface area contributed by atoms with Crippen molar-refractivity contribution >= 4 is 12.0 Å². The monoisotopic (exact) mass is 480 g/mol. The molecule has 0 saturated heterocycles. The number of carbonyl (C=O) groups excluding carboxylic acids is 1. The minimum Gasteiger partial charge on any atom is -0.497 e. The van der Waals surface area contributed by atoms with Crippen molar-refractivity contribution in [2.24, 2.45) is 5.73 Å². The Hall–Kier alpha value is -4.50. The fourth-order valence-corrected chi connectivity index (χ4v) is 4.05. The van der Waals surface area contributed by atoms with Gasteiger partial charge in [0.05, 0.1) is 13.0 Å². The maximum Gasteiger partial charge on any atom is 0.336 e. The Morgan fingerprint density at radius 1 is 1.03 bits per heavy atom. The van der Waals surface area contributed by atoms with E-state index >= 15 is 0 Å². The first-order valence-electron chi connectivity index (χ1n) is 11.6. The van der Waals surface area contributed by atoms with Crippen LogP contribution < -0.4 is 19.9 Å². The molecule has 4 rings (SSSR count). The van der Waals surface area contributed by atoms with E-state index in [2.05, 4.69) is 39.0 Å². The summed E-state index contributed by atoms with van der Waals surface area (Å²) >= 11 is 0. The number of ether oxygens (including phenoxy) is 3. The summed E-state index contributed by atoms with van der Waals surface area (Å²) in [6.45, 7) is 6.46. The smallest absolute Gasteiger partial charge is 0.336 e. The molecule has 3 aromatic carbocycles. The Balaban J connectivity index is 1.53. The van der Waals surface area contributed by atoms with Crippen LogP contribution in [0.25, 0.3) is 6.08 Å². The number of fused-ring (bicyclic) bond motifs is 1. The number of benzene rings is 3. The van der Waals surface area contributed by atoms with Gasteiger partial charge in [0, 0.05) is 17.7 Å². The molecule has 2 N–H and O–H groups in total. The second kappa shape index (κ2) is 10.0. The Morgan fingerprint density at radius 2 is 1.69 bits per heavy atom. The second-order valence-corrected chi connectivity index (χ2v) is 9.52. The first kappa shape index (κ1) is 24.6. The topological polar surface area (TPSA) is 94.6 Å². The highest BCUT2D eigenvalue weighted by molar-refractivity contribution is 5.88. The van der Waals surface area contributed by atoms with E-state index in [1.54, 1.807) is 31.4 Å². The van der Waals surface area contributed by atoms with Crippen LogP contribution in [0.4, 0.5) is 0 Å². The summed E-state index contributed by atoms with van der Waals surface area (Å²) in [5, 5.41) is 9.73. The third-order valence-electron chi connectivity index (χ3n) is 6.05. The van der Waals surface area contributed by atoms with Crippen molar-refractivity contribution in [3.8, 4) is 23.3 Å². The summed E-state index contributed by atoms with van der Waals surface area (Å²) in [6.07, 6.45) is 3.10. The molecule has 1 atom stereocenters. The molecule has 1 unspecified atom stereocenters. The average Bonchev–Trinajstić information content (AvgIpc) is 2.86. The van der Waals surface area contributed by atoms with Gasteiger partial charge in [0.15, 0.2) is 0 Å². The lowest BCUT2D eigenvalue weighted by molar-refractivity contribution is -0.128. The number of nitriles is 1. The predicted octanol–water partition coefficient (Wildman–Crippen LogP) is 5.83. The summed E-state index contributed by atoms with van der Waals surface area (Å²) in [5.41, 5.74) is 10.2. The Kier molecular flexibility index (Phi) is 6.84. The van der Waals surface area contributed by atoms with Gasteiger partial charge in [-0.25, -0.2) is 4.79 Å². The molecule has 0 bridgehead atoms. The molecule has 6 heteroatoms. The molecule has 36 heavy (non-hydrogen) atoms. The summed E-state index contributed by atoms with van der Waals surface area (Å²) in [7, 11) is 1.60. The zero-order valence-corrected chi connectivity index (χ0v) is 20.7. The Morgan fingerprint density at radius 3 is 2.31 bits per heavy atom. The van der Waals surface area contributed by atoms with Crippen LogP contribution in [0.15, 0.2) is 84.3 Å². The number of nitrogens with two attached hydrogens (primary N) is 1. The number of rotatable bonds is 5. The first-order valence-corrected chi connectivity index (χ1v) is 11.6. The van der Waals surface area contributed by atoms with Gasteiger partial charge in [0.25, 0.3) is 0 Å². The van der Waals surface area contributed by atoms with Crippen molar-refractivity contribution in [1.29, 1.82) is 5.26 Å². The Bertz CT molecular complexity index is 1370. The van der Waals surface area contributed by atoms with Crippen molar-refractivity contribution < 1.29 is 19.0 Å². The van der Waals surface area contributed by atoms with E-state index in [4.69, 9.17) is 19.9 Å². The van der Waals surface area contributed by atoms with E-state index in [0.717, 1.165) is 16.7 Å². The number of methoxy groups -OCH3 is 1. The van der Waals surface area contributed by atoms with E-state index < -0.39 is 11.9 Å². The van der Waals surface area contributed by atoms with Crippen LogP contribution in [0, 0.1) is 11.3 Å². The van der Waals surface area contributed by atoms with Gasteiger partial charge in [-0.1, -0.05) is 63.2 Å². The highest BCUT2D eigenvalue weighted by atomic mass is 16.5. The van der Waals surface area contributed by atoms with Gasteiger partial charge < -0.3 is 19.9 Å². The van der Waals surface area contributed by atoms with E-state index in [1.807, 2.05) is 36.4 Å². The maximum absolute atomic E-state index is 12.5. The van der Waals surface area contributed by atoms with Crippen LogP contribution in [-0.4, -0.2) is 13.1 Å². The minimum atomic E-state index is -0.515. The first-order chi connectivity index (χ1) is 17.2. The number of hydrogen-bond acceptors (Lipinski definition) is 6. The molecular weight excluding hydrogens is 452 g/mol. The van der Waals surface area contributed by atoms with Crippen molar-refractivity contribution in [2.75, 3.05) is 7.11 Å². The zero-order chi connectivity index (χ0) is 25.9. The zero-order valence-electron chi connectivity index (χ0n) is 20.7. The van der Waals surface area contributed by atoms with Crippen LogP contribution in [-0.2, 0) is 10.2 Å². The van der Waals surface area contributed by atoms with Gasteiger partial charge in [0.1, 0.15) is 28.9 Å². The molecule has 1 heterocycles. The number of carbonyl (C=O) groups is 1. The van der Waals surface area contributed by atoms with E-state index in [1.165, 1.54) is 11.6 Å². The SMILES string of the molecule is COc1ccc(C2C(C#N)=C(N)Oc3cc(OC(=O)/C=C/c4ccc(C(C)(C)C)cc4)ccc32)cc1. The van der Waals surface area contributed by atoms with Gasteiger partial charge in [-0.2, -0.15) is 5.26 Å². The van der Waals surface area contributed by atoms with Gasteiger partial charge in [-0.15, -0.1) is 0 Å². The number of allylic oxidation sites excluding steroid dienone is 1. The standard InChI is InChI=1S/C30H28N2O4/c1-30(2,3)21-10-5-19(6-11-21)7-16-27(33)35-23-14-15-24-26(17-23)36-29(32)25(18-31)28(24)20-8-12-22(34-4)13-9-20/h5-17,28H,32H2,1-4H3/b16-7+. The molecule has 0 amide bonds. The van der Waals surface area contributed by atoms with E-state index in [0.29, 0.717) is 22.8 Å². The molecular formula is C30H28N2O4. The predicted molar refractivity (Wildman–Crippen MR) is 139 cm³/mol. The number of nitrogens with zero attached hydrogens (tertiary/aromatic N) is 1. The molecule has 0 radical (unpaired) electrons. The van der Waals surface area contributed by atoms with Crippen molar-refractivity contribution in [3.63, 3.8) is 0 Å². The molecule has 182 valence electrons. The van der Waals surface area contributed by atoms with Crippen LogP contribution in [0.1, 0.15) is 48.9 Å². The van der Waals surface area contributed by atoms with Crippen molar-refractivity contribution in [2.45, 2.75) is 32.1 Å². The quantitative estimate of drug-likeness (QED) is 0.280. The molecule has 1 aliphatic rings. The van der Waals surface area contributed by atoms with E-state index in [9.17, 15) is 10.1 Å². The normalized spacial score (nSPS) is 15.1. The van der Waals surface area contributed by atoms with Gasteiger partial charge in [0.2, 0.25) is 5.88 Å². The third kappa shape index (κ3) is 5.26. The highest BCUT2D eigenvalue weighted by Crippen LogP contribution is 2.43. The molecule has 0 saturated carbocycles. The molecule has 3 aromatic rings. The lowest BCUT2D eigenvalue weighted by atomic mass is 9.83. The average molecular weight is 481 g/mol. The van der Waals surface area contributed by atoms with Gasteiger partial charge in [-0.3, -0.25) is 0 Å². The molecule has 1 aliphatic heterocycles. The van der Waals surface area contributed by atoms with Gasteiger partial charge >= 0.3 is 5.97 Å². The fraction of sp³-hybridized carbons (Fsp3) is 0.200. The maximum atomic E-state index is 12.5. The van der Waals surface area contributed by atoms with Crippen LogP contribution >= 0.6 is 0 Å². The van der Waals surface area contributed by atoms with Crippen molar-refractivity contribution in [1.82, 2.24) is 0 Å². The van der Waals surface area contributed by atoms with Crippen molar-refractivity contribution in [3.05, 3.63) is 107 Å². The molecule has 0 spiro atoms. The minimum absolute atomic E-state index is 0.0212. The van der Waals surface area contributed by atoms with Crippen LogP contribution in [0.5, 0.6) is 17.2 Å². The Labute approximate surface area is 211 Å². The summed E-state index contributed by atoms with van der Waals surface area (Å²) in [5.74, 6) is 0.548. The lowest BCUT2D eigenvalue weighted by Crippen LogP contribution is -2.21. The summed E-state index contributed by atoms with van der Waals surface area (Å²) in [4.78, 5) is 12.5. The van der Waals surface area contributed by atoms with Crippen LogP contribution in [0.2, 0.25) is 0 Å². The third-order valence-corrected chi connectivity index (χ3v) is 6.05. The lowest BCUT2D eigenvalue weighted by Gasteiger charge is -2.26. The van der Waals surface area contributed by atoms with Gasteiger partial charge in [-0.05, 0) is 46.4 Å². The number of hydrogen-bond donors (Lipinski definition) is 1. The summed E-state index contributed by atoms with van der Waals surface area (Å²) < 4.78 is 16.5. The molecule has 0 aliphatic carbocycles. The second-order valence-electron chi connectivity index (χ2n) is 9.52. The fourth-order valence-electron chi connectivity index (χ4n) is 4.05. The highest BCUT2D eigenvalue weighted by Gasteiger charge is 2.31. The number of esters is 1. The summed E-state index contributed by atoms with van der Waals surface area (Å²) in [6, 6.07) is 22.7. The molecule has 0 aromatic heterocycles. The van der Waals surface area contributed by atoms with Crippen LogP contribution in [0.3, 0.4) is 0 Å². The molecule has 0 fully saturated rings. The van der Waals surface area contributed by atoms with E-state index in [-0.39, 0.29) is 11.3 Å². The largest absolute Gasteiger partial charge is 0.497 e. The molecule has 6 nitrogen and oxygen atoms in total.